The molecule has 2 N–H and O–H groups in total. The number of benzene rings is 1. The Hall–Kier alpha value is -1.02. The van der Waals surface area contributed by atoms with Gasteiger partial charge in [-0.3, -0.25) is 0 Å². The summed E-state index contributed by atoms with van der Waals surface area (Å²) in [7, 11) is 0. The molecule has 0 saturated carbocycles. The number of aryl methyl sites for hydroxylation is 1. The molecule has 0 spiro atoms. The lowest BCUT2D eigenvalue weighted by molar-refractivity contribution is 0.470. The smallest absolute Gasteiger partial charge is 0.118 e. The highest BCUT2D eigenvalue weighted by atomic mass is 16.3. The van der Waals surface area contributed by atoms with Gasteiger partial charge in [-0.05, 0) is 30.7 Å². The van der Waals surface area contributed by atoms with Crippen molar-refractivity contribution in [2.24, 2.45) is 0 Å². The SMILES string of the molecule is CCNCc1ccc(O)c(C)c1. The van der Waals surface area contributed by atoms with Gasteiger partial charge in [0.2, 0.25) is 0 Å². The molecule has 1 aromatic carbocycles. The van der Waals surface area contributed by atoms with Crippen LogP contribution in [-0.4, -0.2) is 11.7 Å². The van der Waals surface area contributed by atoms with Crippen LogP contribution in [0.4, 0.5) is 0 Å². The highest BCUT2D eigenvalue weighted by Crippen LogP contribution is 2.16. The van der Waals surface area contributed by atoms with Crippen molar-refractivity contribution in [1.29, 1.82) is 0 Å². The summed E-state index contributed by atoms with van der Waals surface area (Å²) in [4.78, 5) is 0. The van der Waals surface area contributed by atoms with Gasteiger partial charge < -0.3 is 10.4 Å². The number of hydrogen-bond acceptors (Lipinski definition) is 2. The largest absolute Gasteiger partial charge is 0.508 e. The molecule has 0 radical (unpaired) electrons. The molecule has 0 fully saturated rings. The highest BCUT2D eigenvalue weighted by molar-refractivity contribution is 5.34. The molecular formula is C10H15NO. The molecule has 2 nitrogen and oxygen atoms in total. The van der Waals surface area contributed by atoms with Gasteiger partial charge >= 0.3 is 0 Å². The zero-order chi connectivity index (χ0) is 8.97. The van der Waals surface area contributed by atoms with Crippen molar-refractivity contribution < 1.29 is 5.11 Å². The number of phenolic OH excluding ortho intramolecular Hbond substituents is 1. The summed E-state index contributed by atoms with van der Waals surface area (Å²) < 4.78 is 0. The number of rotatable bonds is 3. The van der Waals surface area contributed by atoms with E-state index in [2.05, 4.69) is 12.2 Å². The van der Waals surface area contributed by atoms with Gasteiger partial charge in [-0.1, -0.05) is 19.1 Å². The van der Waals surface area contributed by atoms with E-state index in [0.29, 0.717) is 5.75 Å². The Labute approximate surface area is 73.2 Å². The van der Waals surface area contributed by atoms with E-state index in [0.717, 1.165) is 18.7 Å². The first-order valence-electron chi connectivity index (χ1n) is 4.23. The molecule has 0 aliphatic rings. The lowest BCUT2D eigenvalue weighted by atomic mass is 10.1. The average molecular weight is 165 g/mol. The summed E-state index contributed by atoms with van der Waals surface area (Å²) in [6, 6.07) is 5.67. The van der Waals surface area contributed by atoms with Crippen LogP contribution in [0.5, 0.6) is 5.75 Å². The van der Waals surface area contributed by atoms with E-state index in [9.17, 15) is 5.11 Å². The Morgan fingerprint density at radius 2 is 2.17 bits per heavy atom. The van der Waals surface area contributed by atoms with Crippen LogP contribution in [0, 0.1) is 6.92 Å². The fourth-order valence-electron chi connectivity index (χ4n) is 1.10. The number of hydrogen-bond donors (Lipinski definition) is 2. The van der Waals surface area contributed by atoms with Gasteiger partial charge in [0.25, 0.3) is 0 Å². The molecular weight excluding hydrogens is 150 g/mol. The van der Waals surface area contributed by atoms with Crippen molar-refractivity contribution in [2.45, 2.75) is 20.4 Å². The van der Waals surface area contributed by atoms with Crippen molar-refractivity contribution in [1.82, 2.24) is 5.32 Å². The monoisotopic (exact) mass is 165 g/mol. The van der Waals surface area contributed by atoms with Crippen molar-refractivity contribution in [3.8, 4) is 5.75 Å². The molecule has 0 saturated heterocycles. The second kappa shape index (κ2) is 4.12. The quantitative estimate of drug-likeness (QED) is 0.716. The van der Waals surface area contributed by atoms with Crippen molar-refractivity contribution in [3.63, 3.8) is 0 Å². The lowest BCUT2D eigenvalue weighted by Gasteiger charge is -2.04. The van der Waals surface area contributed by atoms with E-state index in [4.69, 9.17) is 0 Å². The van der Waals surface area contributed by atoms with Crippen LogP contribution in [0.25, 0.3) is 0 Å². The molecule has 0 heterocycles. The predicted octanol–water partition coefficient (Wildman–Crippen LogP) is 1.81. The fourth-order valence-corrected chi connectivity index (χ4v) is 1.10. The normalized spacial score (nSPS) is 10.2. The fraction of sp³-hybridized carbons (Fsp3) is 0.400. The number of nitrogens with one attached hydrogen (secondary N) is 1. The van der Waals surface area contributed by atoms with E-state index >= 15 is 0 Å². The number of aromatic hydroxyl groups is 1. The third-order valence-electron chi connectivity index (χ3n) is 1.84. The first kappa shape index (κ1) is 9.07. The maximum atomic E-state index is 9.25. The Kier molecular flexibility index (Phi) is 3.11. The van der Waals surface area contributed by atoms with Crippen LogP contribution in [0.2, 0.25) is 0 Å². The Balaban J connectivity index is 2.69. The first-order chi connectivity index (χ1) is 5.74. The van der Waals surface area contributed by atoms with Crippen LogP contribution in [0.3, 0.4) is 0 Å². The maximum absolute atomic E-state index is 9.25. The minimum Gasteiger partial charge on any atom is -0.508 e. The van der Waals surface area contributed by atoms with Gasteiger partial charge in [0, 0.05) is 6.54 Å². The summed E-state index contributed by atoms with van der Waals surface area (Å²) >= 11 is 0. The minimum absolute atomic E-state index is 0.371. The summed E-state index contributed by atoms with van der Waals surface area (Å²) in [6.07, 6.45) is 0. The van der Waals surface area contributed by atoms with Crippen molar-refractivity contribution >= 4 is 0 Å². The first-order valence-corrected chi connectivity index (χ1v) is 4.23. The van der Waals surface area contributed by atoms with Crippen molar-refractivity contribution in [2.75, 3.05) is 6.54 Å². The second-order valence-corrected chi connectivity index (χ2v) is 2.90. The van der Waals surface area contributed by atoms with E-state index in [1.165, 1.54) is 5.56 Å². The molecule has 0 aromatic heterocycles. The molecule has 0 aliphatic carbocycles. The van der Waals surface area contributed by atoms with E-state index < -0.39 is 0 Å². The maximum Gasteiger partial charge on any atom is 0.118 e. The number of phenols is 1. The Morgan fingerprint density at radius 3 is 2.75 bits per heavy atom. The van der Waals surface area contributed by atoms with E-state index in [-0.39, 0.29) is 0 Å². The van der Waals surface area contributed by atoms with Crippen molar-refractivity contribution in [3.05, 3.63) is 29.3 Å². The van der Waals surface area contributed by atoms with Gasteiger partial charge in [-0.25, -0.2) is 0 Å². The summed E-state index contributed by atoms with van der Waals surface area (Å²) in [5.74, 6) is 0.371. The minimum atomic E-state index is 0.371. The molecule has 2 heteroatoms. The highest BCUT2D eigenvalue weighted by Gasteiger charge is 1.96. The average Bonchev–Trinajstić information content (AvgIpc) is 2.07. The Morgan fingerprint density at radius 1 is 1.42 bits per heavy atom. The lowest BCUT2D eigenvalue weighted by Crippen LogP contribution is -2.11. The molecule has 0 aliphatic heterocycles. The second-order valence-electron chi connectivity index (χ2n) is 2.90. The van der Waals surface area contributed by atoms with Crippen LogP contribution in [0.1, 0.15) is 18.1 Å². The third kappa shape index (κ3) is 2.24. The summed E-state index contributed by atoms with van der Waals surface area (Å²) in [6.45, 7) is 5.83. The third-order valence-corrected chi connectivity index (χ3v) is 1.84. The molecule has 0 bridgehead atoms. The zero-order valence-corrected chi connectivity index (χ0v) is 7.59. The molecule has 0 amide bonds. The van der Waals surface area contributed by atoms with Gasteiger partial charge in [0.15, 0.2) is 0 Å². The van der Waals surface area contributed by atoms with Gasteiger partial charge in [0.1, 0.15) is 5.75 Å². The van der Waals surface area contributed by atoms with E-state index in [1.54, 1.807) is 6.07 Å². The van der Waals surface area contributed by atoms with Gasteiger partial charge in [0.05, 0.1) is 0 Å². The van der Waals surface area contributed by atoms with Crippen LogP contribution in [0.15, 0.2) is 18.2 Å². The standard InChI is InChI=1S/C10H15NO/c1-3-11-7-9-4-5-10(12)8(2)6-9/h4-6,11-12H,3,7H2,1-2H3. The molecule has 66 valence electrons. The molecule has 0 unspecified atom stereocenters. The predicted molar refractivity (Wildman–Crippen MR) is 50.2 cm³/mol. The van der Waals surface area contributed by atoms with E-state index in [1.807, 2.05) is 19.1 Å². The topological polar surface area (TPSA) is 32.3 Å². The summed E-state index contributed by atoms with van der Waals surface area (Å²) in [5.41, 5.74) is 2.15. The molecule has 12 heavy (non-hydrogen) atoms. The molecule has 1 aromatic rings. The zero-order valence-electron chi connectivity index (χ0n) is 7.59. The van der Waals surface area contributed by atoms with Crippen LogP contribution in [-0.2, 0) is 6.54 Å². The van der Waals surface area contributed by atoms with Gasteiger partial charge in [-0.2, -0.15) is 0 Å². The van der Waals surface area contributed by atoms with Crippen LogP contribution < -0.4 is 5.32 Å². The molecule has 0 atom stereocenters. The molecule has 1 rings (SSSR count). The Bertz CT molecular complexity index is 258. The summed E-state index contributed by atoms with van der Waals surface area (Å²) in [5, 5.41) is 12.5. The van der Waals surface area contributed by atoms with Crippen LogP contribution >= 0.6 is 0 Å². The van der Waals surface area contributed by atoms with Gasteiger partial charge in [-0.15, -0.1) is 0 Å².